The van der Waals surface area contributed by atoms with Crippen molar-refractivity contribution in [2.45, 2.75) is 19.3 Å². The van der Waals surface area contributed by atoms with Gasteiger partial charge in [0, 0.05) is 57.9 Å². The number of halogens is 1. The molecule has 0 saturated carbocycles. The van der Waals surface area contributed by atoms with E-state index in [9.17, 15) is 14.9 Å². The summed E-state index contributed by atoms with van der Waals surface area (Å²) in [7, 11) is 0. The number of nitro groups is 1. The molecule has 0 N–H and O–H groups in total. The molecule has 9 heteroatoms. The zero-order valence-corrected chi connectivity index (χ0v) is 19.4. The van der Waals surface area contributed by atoms with Gasteiger partial charge in [-0.25, -0.2) is 0 Å². The Bertz CT molecular complexity index is 988. The van der Waals surface area contributed by atoms with E-state index in [2.05, 4.69) is 9.80 Å². The Kier molecular flexibility index (Phi) is 7.67. The first-order valence-corrected chi connectivity index (χ1v) is 11.8. The Hall–Kier alpha value is -2.84. The van der Waals surface area contributed by atoms with Crippen LogP contribution in [0.1, 0.15) is 29.6 Å². The Morgan fingerprint density at radius 1 is 1.00 bits per heavy atom. The summed E-state index contributed by atoms with van der Waals surface area (Å²) in [6.07, 6.45) is 3.31. The van der Waals surface area contributed by atoms with Crippen LogP contribution >= 0.6 is 11.6 Å². The van der Waals surface area contributed by atoms with Crippen molar-refractivity contribution in [3.8, 4) is 5.75 Å². The molecule has 0 aromatic heterocycles. The second-order valence-electron chi connectivity index (χ2n) is 8.42. The summed E-state index contributed by atoms with van der Waals surface area (Å²) in [6.45, 7) is 5.61. The van der Waals surface area contributed by atoms with E-state index in [4.69, 9.17) is 16.3 Å². The third kappa shape index (κ3) is 5.75. The molecule has 2 aromatic rings. The fourth-order valence-electron chi connectivity index (χ4n) is 4.41. The second kappa shape index (κ2) is 10.9. The van der Waals surface area contributed by atoms with E-state index < -0.39 is 4.92 Å². The molecule has 0 unspecified atom stereocenters. The van der Waals surface area contributed by atoms with Gasteiger partial charge in [0.25, 0.3) is 11.6 Å². The van der Waals surface area contributed by atoms with E-state index >= 15 is 0 Å². The molecule has 2 aliphatic heterocycles. The molecule has 2 heterocycles. The summed E-state index contributed by atoms with van der Waals surface area (Å²) in [5.74, 6) is 0.537. The highest BCUT2D eigenvalue weighted by Crippen LogP contribution is 2.29. The summed E-state index contributed by atoms with van der Waals surface area (Å²) in [6, 6.07) is 12.1. The minimum atomic E-state index is -0.437. The van der Waals surface area contributed by atoms with Gasteiger partial charge in [0.1, 0.15) is 12.4 Å². The van der Waals surface area contributed by atoms with Gasteiger partial charge >= 0.3 is 0 Å². The number of anilines is 1. The van der Waals surface area contributed by atoms with E-state index in [0.717, 1.165) is 51.3 Å². The number of para-hydroxylation sites is 1. The van der Waals surface area contributed by atoms with Crippen LogP contribution in [0.25, 0.3) is 0 Å². The molecule has 8 nitrogen and oxygen atoms in total. The SMILES string of the molecule is O=C(c1cc([N+](=O)[O-])ccc1N1CCCCC1)N1CCN(CCOc2ccccc2Cl)CC1. The second-order valence-corrected chi connectivity index (χ2v) is 8.83. The predicted octanol–water partition coefficient (Wildman–Crippen LogP) is 4.08. The fraction of sp³-hybridized carbons (Fsp3) is 0.458. The Morgan fingerprint density at radius 3 is 2.42 bits per heavy atom. The van der Waals surface area contributed by atoms with Gasteiger partial charge in [-0.3, -0.25) is 19.8 Å². The highest BCUT2D eigenvalue weighted by molar-refractivity contribution is 6.32. The van der Waals surface area contributed by atoms with E-state index in [1.807, 2.05) is 18.2 Å². The van der Waals surface area contributed by atoms with Crippen LogP contribution in [0, 0.1) is 10.1 Å². The van der Waals surface area contributed by atoms with Crippen LogP contribution in [-0.2, 0) is 0 Å². The lowest BCUT2D eigenvalue weighted by Gasteiger charge is -2.36. The van der Waals surface area contributed by atoms with Gasteiger partial charge in [-0.2, -0.15) is 0 Å². The highest BCUT2D eigenvalue weighted by Gasteiger charge is 2.27. The molecule has 2 aliphatic rings. The molecule has 2 saturated heterocycles. The average molecular weight is 473 g/mol. The number of piperidine rings is 1. The van der Waals surface area contributed by atoms with Gasteiger partial charge in [-0.05, 0) is 37.5 Å². The predicted molar refractivity (Wildman–Crippen MR) is 128 cm³/mol. The van der Waals surface area contributed by atoms with E-state index in [1.54, 1.807) is 17.0 Å². The lowest BCUT2D eigenvalue weighted by Crippen LogP contribution is -2.49. The van der Waals surface area contributed by atoms with Crippen molar-refractivity contribution < 1.29 is 14.5 Å². The standard InChI is InChI=1S/C24H29ClN4O4/c25-21-6-2-3-7-23(21)33-17-16-26-12-14-28(15-13-26)24(30)20-18-19(29(31)32)8-9-22(20)27-10-4-1-5-11-27/h2-3,6-9,18H,1,4-5,10-17H2. The van der Waals surface area contributed by atoms with Crippen molar-refractivity contribution in [2.24, 2.45) is 0 Å². The van der Waals surface area contributed by atoms with Gasteiger partial charge in [-0.15, -0.1) is 0 Å². The summed E-state index contributed by atoms with van der Waals surface area (Å²) in [4.78, 5) is 30.5. The van der Waals surface area contributed by atoms with E-state index in [1.165, 1.54) is 18.6 Å². The lowest BCUT2D eigenvalue weighted by atomic mass is 10.0. The number of rotatable bonds is 7. The molecule has 0 spiro atoms. The number of hydrogen-bond donors (Lipinski definition) is 0. The topological polar surface area (TPSA) is 79.2 Å². The third-order valence-electron chi connectivity index (χ3n) is 6.28. The number of nitro benzene ring substituents is 1. The number of non-ortho nitro benzene ring substituents is 1. The Morgan fingerprint density at radius 2 is 1.73 bits per heavy atom. The highest BCUT2D eigenvalue weighted by atomic mass is 35.5. The molecule has 0 atom stereocenters. The van der Waals surface area contributed by atoms with Crippen molar-refractivity contribution in [3.05, 3.63) is 63.2 Å². The van der Waals surface area contributed by atoms with Crippen LogP contribution in [0.2, 0.25) is 5.02 Å². The van der Waals surface area contributed by atoms with Gasteiger partial charge in [0.15, 0.2) is 0 Å². The van der Waals surface area contributed by atoms with Gasteiger partial charge in [0.05, 0.1) is 21.2 Å². The molecule has 0 bridgehead atoms. The quantitative estimate of drug-likeness (QED) is 0.446. The Balaban J connectivity index is 1.37. The number of carbonyl (C=O) groups excluding carboxylic acids is 1. The van der Waals surface area contributed by atoms with Crippen molar-refractivity contribution in [3.63, 3.8) is 0 Å². The van der Waals surface area contributed by atoms with Crippen molar-refractivity contribution >= 4 is 28.9 Å². The third-order valence-corrected chi connectivity index (χ3v) is 6.59. The summed E-state index contributed by atoms with van der Waals surface area (Å²) < 4.78 is 5.78. The summed E-state index contributed by atoms with van der Waals surface area (Å²) in [5.41, 5.74) is 1.19. The molecule has 33 heavy (non-hydrogen) atoms. The number of benzene rings is 2. The largest absolute Gasteiger partial charge is 0.491 e. The first-order chi connectivity index (χ1) is 16.0. The molecule has 2 fully saturated rings. The van der Waals surface area contributed by atoms with Crippen LogP contribution in [0.15, 0.2) is 42.5 Å². The maximum Gasteiger partial charge on any atom is 0.270 e. The molecule has 0 radical (unpaired) electrons. The number of amides is 1. The summed E-state index contributed by atoms with van der Waals surface area (Å²) >= 11 is 6.13. The monoisotopic (exact) mass is 472 g/mol. The van der Waals surface area contributed by atoms with Crippen LogP contribution < -0.4 is 9.64 Å². The fourth-order valence-corrected chi connectivity index (χ4v) is 4.60. The summed E-state index contributed by atoms with van der Waals surface area (Å²) in [5, 5.41) is 11.9. The number of hydrogen-bond acceptors (Lipinski definition) is 6. The maximum atomic E-state index is 13.4. The van der Waals surface area contributed by atoms with Gasteiger partial charge in [-0.1, -0.05) is 23.7 Å². The molecular formula is C24H29ClN4O4. The zero-order valence-electron chi connectivity index (χ0n) is 18.6. The van der Waals surface area contributed by atoms with Crippen molar-refractivity contribution in [2.75, 3.05) is 57.3 Å². The Labute approximate surface area is 198 Å². The van der Waals surface area contributed by atoms with Gasteiger partial charge in [0.2, 0.25) is 0 Å². The lowest BCUT2D eigenvalue weighted by molar-refractivity contribution is -0.384. The van der Waals surface area contributed by atoms with E-state index in [0.29, 0.717) is 36.0 Å². The molecule has 176 valence electrons. The molecule has 2 aromatic carbocycles. The van der Waals surface area contributed by atoms with Crippen molar-refractivity contribution in [1.82, 2.24) is 9.80 Å². The smallest absolute Gasteiger partial charge is 0.270 e. The molecular weight excluding hydrogens is 444 g/mol. The minimum Gasteiger partial charge on any atom is -0.491 e. The molecule has 0 aliphatic carbocycles. The molecule has 1 amide bonds. The normalized spacial score (nSPS) is 17.1. The van der Waals surface area contributed by atoms with Crippen molar-refractivity contribution in [1.29, 1.82) is 0 Å². The zero-order chi connectivity index (χ0) is 23.2. The average Bonchev–Trinajstić information content (AvgIpc) is 2.85. The van der Waals surface area contributed by atoms with Crippen LogP contribution in [0.4, 0.5) is 11.4 Å². The number of ether oxygens (including phenoxy) is 1. The number of nitrogens with zero attached hydrogens (tertiary/aromatic N) is 4. The van der Waals surface area contributed by atoms with E-state index in [-0.39, 0.29) is 11.6 Å². The first-order valence-electron chi connectivity index (χ1n) is 11.5. The van der Waals surface area contributed by atoms with Crippen LogP contribution in [0.5, 0.6) is 5.75 Å². The van der Waals surface area contributed by atoms with Crippen LogP contribution in [-0.4, -0.2) is 73.1 Å². The number of carbonyl (C=O) groups is 1. The first kappa shape index (κ1) is 23.3. The molecule has 4 rings (SSSR count). The van der Waals surface area contributed by atoms with Gasteiger partial charge < -0.3 is 14.5 Å². The number of piperazine rings is 1. The minimum absolute atomic E-state index is 0.0468. The van der Waals surface area contributed by atoms with Crippen LogP contribution in [0.3, 0.4) is 0 Å². The maximum absolute atomic E-state index is 13.4.